The number of rotatable bonds is 5. The summed E-state index contributed by atoms with van der Waals surface area (Å²) in [7, 11) is -3.75. The molecule has 7 heteroatoms. The summed E-state index contributed by atoms with van der Waals surface area (Å²) in [5, 5.41) is 3.44. The molecule has 1 saturated heterocycles. The number of benzene rings is 2. The van der Waals surface area contributed by atoms with Crippen molar-refractivity contribution in [3.63, 3.8) is 0 Å². The molecule has 0 radical (unpaired) electrons. The average Bonchev–Trinajstić information content (AvgIpc) is 3.14. The Morgan fingerprint density at radius 3 is 2.59 bits per heavy atom. The minimum absolute atomic E-state index is 0.150. The first-order valence-electron chi connectivity index (χ1n) is 9.01. The molecule has 1 aliphatic heterocycles. The van der Waals surface area contributed by atoms with Crippen molar-refractivity contribution in [1.29, 1.82) is 0 Å². The van der Waals surface area contributed by atoms with Gasteiger partial charge in [0, 0.05) is 17.3 Å². The number of halogens is 1. The van der Waals surface area contributed by atoms with Crippen LogP contribution in [0.2, 0.25) is 5.02 Å². The summed E-state index contributed by atoms with van der Waals surface area (Å²) in [6, 6.07) is 11.2. The van der Waals surface area contributed by atoms with Gasteiger partial charge in [0.25, 0.3) is 0 Å². The van der Waals surface area contributed by atoms with Crippen LogP contribution in [-0.2, 0) is 21.2 Å². The molecule has 144 valence electrons. The summed E-state index contributed by atoms with van der Waals surface area (Å²) in [6.45, 7) is 4.29. The van der Waals surface area contributed by atoms with Gasteiger partial charge in [-0.3, -0.25) is 4.79 Å². The summed E-state index contributed by atoms with van der Waals surface area (Å²) in [6.07, 6.45) is 1.94. The van der Waals surface area contributed by atoms with Crippen molar-refractivity contribution in [2.75, 3.05) is 11.9 Å². The van der Waals surface area contributed by atoms with Crippen molar-refractivity contribution < 1.29 is 13.2 Å². The zero-order chi connectivity index (χ0) is 19.6. The highest BCUT2D eigenvalue weighted by Crippen LogP contribution is 2.29. The number of amides is 1. The number of para-hydroxylation sites is 1. The van der Waals surface area contributed by atoms with Crippen LogP contribution in [-0.4, -0.2) is 31.2 Å². The number of hydrogen-bond donors (Lipinski definition) is 1. The Hall–Kier alpha value is -1.89. The summed E-state index contributed by atoms with van der Waals surface area (Å²) in [4.78, 5) is 13.1. The SMILES string of the molecule is CCc1cccc(C)c1NC(=O)[C@@H]1CCCN1S(=O)(=O)c1ccc(Cl)cc1. The Kier molecular flexibility index (Phi) is 5.89. The summed E-state index contributed by atoms with van der Waals surface area (Å²) < 4.78 is 27.3. The van der Waals surface area contributed by atoms with E-state index < -0.39 is 16.1 Å². The van der Waals surface area contributed by atoms with Crippen molar-refractivity contribution in [1.82, 2.24) is 4.31 Å². The minimum atomic E-state index is -3.75. The van der Waals surface area contributed by atoms with Crippen molar-refractivity contribution in [3.8, 4) is 0 Å². The van der Waals surface area contributed by atoms with Crippen LogP contribution in [0.15, 0.2) is 47.4 Å². The molecule has 1 amide bonds. The van der Waals surface area contributed by atoms with Gasteiger partial charge in [0.15, 0.2) is 0 Å². The van der Waals surface area contributed by atoms with Gasteiger partial charge in [0.05, 0.1) is 4.90 Å². The van der Waals surface area contributed by atoms with Gasteiger partial charge in [-0.1, -0.05) is 36.7 Å². The second-order valence-corrected chi connectivity index (χ2v) is 9.01. The molecule has 0 spiro atoms. The lowest BCUT2D eigenvalue weighted by molar-refractivity contribution is -0.119. The lowest BCUT2D eigenvalue weighted by atomic mass is 10.1. The van der Waals surface area contributed by atoms with Crippen molar-refractivity contribution in [2.45, 2.75) is 44.0 Å². The lowest BCUT2D eigenvalue weighted by Gasteiger charge is -2.24. The fraction of sp³-hybridized carbons (Fsp3) is 0.350. The van der Waals surface area contributed by atoms with Gasteiger partial charge >= 0.3 is 0 Å². The van der Waals surface area contributed by atoms with Crippen LogP contribution >= 0.6 is 11.6 Å². The van der Waals surface area contributed by atoms with E-state index in [9.17, 15) is 13.2 Å². The highest BCUT2D eigenvalue weighted by Gasteiger charge is 2.39. The number of nitrogens with one attached hydrogen (secondary N) is 1. The van der Waals surface area contributed by atoms with Crippen LogP contribution < -0.4 is 5.32 Å². The molecule has 0 saturated carbocycles. The van der Waals surface area contributed by atoms with E-state index >= 15 is 0 Å². The van der Waals surface area contributed by atoms with Gasteiger partial charge in [-0.2, -0.15) is 4.31 Å². The van der Waals surface area contributed by atoms with E-state index in [0.29, 0.717) is 24.4 Å². The van der Waals surface area contributed by atoms with E-state index in [2.05, 4.69) is 5.32 Å². The van der Waals surface area contributed by atoms with E-state index in [-0.39, 0.29) is 10.8 Å². The maximum absolute atomic E-state index is 13.0. The van der Waals surface area contributed by atoms with Crippen molar-refractivity contribution in [3.05, 3.63) is 58.6 Å². The standard InChI is InChI=1S/C20H23ClN2O3S/c1-3-15-7-4-6-14(2)19(15)22-20(24)18-8-5-13-23(18)27(25,26)17-11-9-16(21)10-12-17/h4,6-7,9-12,18H,3,5,8,13H2,1-2H3,(H,22,24)/t18-/m0/s1. The fourth-order valence-electron chi connectivity index (χ4n) is 3.44. The highest BCUT2D eigenvalue weighted by molar-refractivity contribution is 7.89. The van der Waals surface area contributed by atoms with Crippen LogP contribution in [0.1, 0.15) is 30.9 Å². The minimum Gasteiger partial charge on any atom is -0.324 e. The van der Waals surface area contributed by atoms with Crippen molar-refractivity contribution in [2.24, 2.45) is 0 Å². The number of nitrogens with zero attached hydrogens (tertiary/aromatic N) is 1. The van der Waals surface area contributed by atoms with Gasteiger partial charge in [-0.05, 0) is 61.6 Å². The topological polar surface area (TPSA) is 66.5 Å². The first kappa shape index (κ1) is 19.9. The number of carbonyl (C=O) groups is 1. The molecule has 5 nitrogen and oxygen atoms in total. The highest BCUT2D eigenvalue weighted by atomic mass is 35.5. The van der Waals surface area contributed by atoms with E-state index in [1.807, 2.05) is 32.0 Å². The number of carbonyl (C=O) groups excluding carboxylic acids is 1. The number of aryl methyl sites for hydroxylation is 2. The number of hydrogen-bond acceptors (Lipinski definition) is 3. The molecular weight excluding hydrogens is 384 g/mol. The molecule has 0 unspecified atom stereocenters. The Morgan fingerprint density at radius 2 is 1.93 bits per heavy atom. The molecule has 2 aromatic rings. The lowest BCUT2D eigenvalue weighted by Crippen LogP contribution is -2.43. The second kappa shape index (κ2) is 8.00. The molecule has 3 rings (SSSR count). The first-order valence-corrected chi connectivity index (χ1v) is 10.8. The molecule has 2 aromatic carbocycles. The monoisotopic (exact) mass is 406 g/mol. The van der Waals surface area contributed by atoms with Gasteiger partial charge in [0.2, 0.25) is 15.9 Å². The van der Waals surface area contributed by atoms with Gasteiger partial charge in [-0.15, -0.1) is 0 Å². The zero-order valence-electron chi connectivity index (χ0n) is 15.4. The predicted octanol–water partition coefficient (Wildman–Crippen LogP) is 4.00. The predicted molar refractivity (Wildman–Crippen MR) is 108 cm³/mol. The van der Waals surface area contributed by atoms with Crippen LogP contribution in [0.25, 0.3) is 0 Å². The van der Waals surface area contributed by atoms with E-state index in [1.54, 1.807) is 12.1 Å². The Bertz CT molecular complexity index is 942. The van der Waals surface area contributed by atoms with Gasteiger partial charge in [-0.25, -0.2) is 8.42 Å². The smallest absolute Gasteiger partial charge is 0.243 e. The fourth-order valence-corrected chi connectivity index (χ4v) is 5.22. The largest absolute Gasteiger partial charge is 0.324 e. The van der Waals surface area contributed by atoms with E-state index in [0.717, 1.165) is 23.2 Å². The molecule has 1 fully saturated rings. The molecule has 1 atom stereocenters. The number of anilines is 1. The molecule has 0 aliphatic carbocycles. The molecule has 0 bridgehead atoms. The van der Waals surface area contributed by atoms with Crippen LogP contribution in [0, 0.1) is 6.92 Å². The summed E-state index contributed by atoms with van der Waals surface area (Å²) >= 11 is 5.86. The van der Waals surface area contributed by atoms with Crippen LogP contribution in [0.3, 0.4) is 0 Å². The van der Waals surface area contributed by atoms with Crippen LogP contribution in [0.5, 0.6) is 0 Å². The third-order valence-electron chi connectivity index (χ3n) is 4.91. The van der Waals surface area contributed by atoms with Gasteiger partial charge < -0.3 is 5.32 Å². The van der Waals surface area contributed by atoms with Crippen LogP contribution in [0.4, 0.5) is 5.69 Å². The van der Waals surface area contributed by atoms with Crippen molar-refractivity contribution >= 4 is 33.2 Å². The third-order valence-corrected chi connectivity index (χ3v) is 7.09. The molecule has 1 N–H and O–H groups in total. The maximum atomic E-state index is 13.0. The Morgan fingerprint density at radius 1 is 1.22 bits per heavy atom. The normalized spacial score (nSPS) is 17.8. The molecule has 1 heterocycles. The quantitative estimate of drug-likeness (QED) is 0.815. The Balaban J connectivity index is 1.86. The number of sulfonamides is 1. The second-order valence-electron chi connectivity index (χ2n) is 6.68. The van der Waals surface area contributed by atoms with Gasteiger partial charge in [0.1, 0.15) is 6.04 Å². The zero-order valence-corrected chi connectivity index (χ0v) is 17.0. The third kappa shape index (κ3) is 4.03. The molecule has 0 aromatic heterocycles. The molecule has 1 aliphatic rings. The maximum Gasteiger partial charge on any atom is 0.243 e. The molecular formula is C20H23ClN2O3S. The van der Waals surface area contributed by atoms with E-state index in [4.69, 9.17) is 11.6 Å². The summed E-state index contributed by atoms with van der Waals surface area (Å²) in [5.41, 5.74) is 2.78. The van der Waals surface area contributed by atoms with E-state index in [1.165, 1.54) is 16.4 Å². The Labute approximate surface area is 165 Å². The molecule has 27 heavy (non-hydrogen) atoms. The average molecular weight is 407 g/mol. The first-order chi connectivity index (χ1) is 12.8. The summed E-state index contributed by atoms with van der Waals surface area (Å²) in [5.74, 6) is -0.283.